The number of nitrogens with one attached hydrogen (secondary N) is 1. The molecule has 0 radical (unpaired) electrons. The molecule has 1 aliphatic heterocycles. The summed E-state index contributed by atoms with van der Waals surface area (Å²) in [6.45, 7) is 3.14. The summed E-state index contributed by atoms with van der Waals surface area (Å²) in [5.41, 5.74) is 1.63. The predicted octanol–water partition coefficient (Wildman–Crippen LogP) is 4.72. The van der Waals surface area contributed by atoms with E-state index in [-0.39, 0.29) is 24.1 Å². The van der Waals surface area contributed by atoms with Gasteiger partial charge < -0.3 is 14.6 Å². The highest BCUT2D eigenvalue weighted by molar-refractivity contribution is 7.98. The van der Waals surface area contributed by atoms with E-state index in [0.29, 0.717) is 18.1 Å². The van der Waals surface area contributed by atoms with Crippen LogP contribution >= 0.6 is 24.2 Å². The molecule has 1 amide bonds. The van der Waals surface area contributed by atoms with Crippen molar-refractivity contribution in [3.05, 3.63) is 65.7 Å². The fourth-order valence-corrected chi connectivity index (χ4v) is 4.22. The molecule has 7 heteroatoms. The second-order valence-corrected chi connectivity index (χ2v) is 7.59. The van der Waals surface area contributed by atoms with E-state index < -0.39 is 0 Å². The highest BCUT2D eigenvalue weighted by Gasteiger charge is 2.25. The molecule has 1 N–H and O–H groups in total. The Hall–Kier alpha value is -2.02. The van der Waals surface area contributed by atoms with Crippen LogP contribution in [0.5, 0.6) is 0 Å². The average molecular weight is 421 g/mol. The van der Waals surface area contributed by atoms with E-state index in [9.17, 15) is 9.18 Å². The Morgan fingerprint density at radius 1 is 1.11 bits per heavy atom. The molecule has 1 aliphatic rings. The lowest BCUT2D eigenvalue weighted by molar-refractivity contribution is 0.0735. The summed E-state index contributed by atoms with van der Waals surface area (Å²) in [5, 5.41) is 4.28. The van der Waals surface area contributed by atoms with Gasteiger partial charge in [-0.25, -0.2) is 4.39 Å². The molecule has 0 saturated carbocycles. The largest absolute Gasteiger partial charge is 0.451 e. The van der Waals surface area contributed by atoms with Gasteiger partial charge in [0.25, 0.3) is 5.91 Å². The third kappa shape index (κ3) is 4.51. The molecule has 2 heterocycles. The molecular formula is C21H22ClFN2O2S. The summed E-state index contributed by atoms with van der Waals surface area (Å²) < 4.78 is 19.1. The van der Waals surface area contributed by atoms with Crippen molar-refractivity contribution >= 4 is 41.0 Å². The summed E-state index contributed by atoms with van der Waals surface area (Å²) >= 11 is 1.57. The first-order chi connectivity index (χ1) is 13.2. The summed E-state index contributed by atoms with van der Waals surface area (Å²) in [6.07, 6.45) is 0.936. The van der Waals surface area contributed by atoms with E-state index in [1.807, 2.05) is 29.2 Å². The quantitative estimate of drug-likeness (QED) is 0.620. The van der Waals surface area contributed by atoms with Crippen LogP contribution < -0.4 is 5.32 Å². The Kier molecular flexibility index (Phi) is 6.99. The molecule has 0 atom stereocenters. The van der Waals surface area contributed by atoms with Crippen LogP contribution in [0, 0.1) is 5.82 Å². The van der Waals surface area contributed by atoms with Crippen LogP contribution in [0.15, 0.2) is 57.8 Å². The molecule has 0 spiro atoms. The molecule has 0 aliphatic carbocycles. The van der Waals surface area contributed by atoms with E-state index >= 15 is 0 Å². The van der Waals surface area contributed by atoms with Crippen LogP contribution in [-0.4, -0.2) is 37.0 Å². The van der Waals surface area contributed by atoms with Crippen LogP contribution in [0.2, 0.25) is 0 Å². The number of fused-ring (bicyclic) bond motifs is 1. The van der Waals surface area contributed by atoms with E-state index in [2.05, 4.69) is 5.32 Å². The van der Waals surface area contributed by atoms with Crippen molar-refractivity contribution in [2.75, 3.05) is 26.2 Å². The minimum absolute atomic E-state index is 0. The molecule has 0 bridgehead atoms. The van der Waals surface area contributed by atoms with Gasteiger partial charge in [-0.05, 0) is 43.3 Å². The number of hydrogen-bond donors (Lipinski definition) is 1. The number of furan rings is 1. The monoisotopic (exact) mass is 420 g/mol. The van der Waals surface area contributed by atoms with Crippen molar-refractivity contribution < 1.29 is 13.6 Å². The zero-order valence-corrected chi connectivity index (χ0v) is 17.0. The number of benzene rings is 2. The number of carbonyl (C=O) groups excluding carboxylic acids is 1. The Bertz CT molecular complexity index is 937. The van der Waals surface area contributed by atoms with Gasteiger partial charge in [0.05, 0.1) is 0 Å². The molecule has 2 aromatic carbocycles. The van der Waals surface area contributed by atoms with Crippen LogP contribution in [0.25, 0.3) is 11.0 Å². The zero-order chi connectivity index (χ0) is 18.6. The molecule has 1 fully saturated rings. The topological polar surface area (TPSA) is 45.5 Å². The number of nitrogens with zero attached hydrogens (tertiary/aromatic N) is 1. The lowest BCUT2D eigenvalue weighted by Crippen LogP contribution is -2.34. The van der Waals surface area contributed by atoms with Gasteiger partial charge in [-0.3, -0.25) is 4.79 Å². The van der Waals surface area contributed by atoms with Gasteiger partial charge in [0.15, 0.2) is 5.76 Å². The van der Waals surface area contributed by atoms with Crippen molar-refractivity contribution in [1.29, 1.82) is 0 Å². The zero-order valence-electron chi connectivity index (χ0n) is 15.3. The van der Waals surface area contributed by atoms with E-state index in [0.717, 1.165) is 47.5 Å². The molecule has 1 aromatic heterocycles. The van der Waals surface area contributed by atoms with Crippen LogP contribution in [0.3, 0.4) is 0 Å². The summed E-state index contributed by atoms with van der Waals surface area (Å²) in [7, 11) is 0. The number of halogens is 2. The Balaban J connectivity index is 0.00000225. The van der Waals surface area contributed by atoms with Gasteiger partial charge in [0, 0.05) is 41.2 Å². The fraction of sp³-hybridized carbons (Fsp3) is 0.286. The molecule has 4 nitrogen and oxygen atoms in total. The third-order valence-electron chi connectivity index (χ3n) is 4.72. The van der Waals surface area contributed by atoms with Crippen molar-refractivity contribution in [1.82, 2.24) is 10.2 Å². The first-order valence-corrected chi connectivity index (χ1v) is 10.1. The summed E-state index contributed by atoms with van der Waals surface area (Å²) in [6, 6.07) is 14.1. The molecule has 0 unspecified atom stereocenters. The highest BCUT2D eigenvalue weighted by atomic mass is 35.5. The maximum Gasteiger partial charge on any atom is 0.289 e. The van der Waals surface area contributed by atoms with Gasteiger partial charge in [0.2, 0.25) is 0 Å². The smallest absolute Gasteiger partial charge is 0.289 e. The number of thioether (sulfide) groups is 1. The van der Waals surface area contributed by atoms with Crippen LogP contribution in [0.1, 0.15) is 22.5 Å². The molecule has 148 valence electrons. The average Bonchev–Trinajstić information content (AvgIpc) is 2.86. The van der Waals surface area contributed by atoms with Gasteiger partial charge in [0.1, 0.15) is 11.4 Å². The second-order valence-electron chi connectivity index (χ2n) is 6.54. The molecule has 28 heavy (non-hydrogen) atoms. The Labute approximate surface area is 173 Å². The van der Waals surface area contributed by atoms with Crippen molar-refractivity contribution in [3.63, 3.8) is 0 Å². The number of rotatable bonds is 4. The van der Waals surface area contributed by atoms with Gasteiger partial charge >= 0.3 is 0 Å². The van der Waals surface area contributed by atoms with Crippen molar-refractivity contribution in [3.8, 4) is 0 Å². The molecular weight excluding hydrogens is 399 g/mol. The van der Waals surface area contributed by atoms with E-state index in [1.54, 1.807) is 23.9 Å². The minimum Gasteiger partial charge on any atom is -0.451 e. The maximum atomic E-state index is 13.1. The standard InChI is InChI=1S/C21H21FN2O2S.ClH/c22-15-6-8-16(9-7-15)27-14-18-17-4-1-2-5-19(17)26-20(18)21(25)24-12-3-10-23-11-13-24;/h1-2,4-9,23H,3,10-14H2;1H. The third-order valence-corrected chi connectivity index (χ3v) is 5.76. The lowest BCUT2D eigenvalue weighted by atomic mass is 10.1. The SMILES string of the molecule is Cl.O=C(c1oc2ccccc2c1CSc1ccc(F)cc1)N1CCCNCC1. The number of carbonyl (C=O) groups is 1. The number of para-hydroxylation sites is 1. The lowest BCUT2D eigenvalue weighted by Gasteiger charge is -2.19. The summed E-state index contributed by atoms with van der Waals surface area (Å²) in [4.78, 5) is 16.0. The first kappa shape index (κ1) is 20.7. The van der Waals surface area contributed by atoms with Gasteiger partial charge in [-0.1, -0.05) is 18.2 Å². The summed E-state index contributed by atoms with van der Waals surface area (Å²) in [5.74, 6) is 0.714. The Morgan fingerprint density at radius 2 is 1.89 bits per heavy atom. The predicted molar refractivity (Wildman–Crippen MR) is 113 cm³/mol. The molecule has 4 rings (SSSR count). The van der Waals surface area contributed by atoms with Crippen LogP contribution in [-0.2, 0) is 5.75 Å². The van der Waals surface area contributed by atoms with Crippen LogP contribution in [0.4, 0.5) is 4.39 Å². The Morgan fingerprint density at radius 3 is 2.71 bits per heavy atom. The first-order valence-electron chi connectivity index (χ1n) is 9.11. The molecule has 3 aromatic rings. The van der Waals surface area contributed by atoms with E-state index in [1.165, 1.54) is 12.1 Å². The van der Waals surface area contributed by atoms with E-state index in [4.69, 9.17) is 4.42 Å². The second kappa shape index (κ2) is 9.45. The van der Waals surface area contributed by atoms with Crippen molar-refractivity contribution in [2.45, 2.75) is 17.1 Å². The van der Waals surface area contributed by atoms with Gasteiger partial charge in [-0.2, -0.15) is 0 Å². The number of hydrogen-bond acceptors (Lipinski definition) is 4. The van der Waals surface area contributed by atoms with Crippen molar-refractivity contribution in [2.24, 2.45) is 0 Å². The minimum atomic E-state index is -0.251. The highest BCUT2D eigenvalue weighted by Crippen LogP contribution is 2.33. The van der Waals surface area contributed by atoms with Gasteiger partial charge in [-0.15, -0.1) is 24.2 Å². The normalized spacial score (nSPS) is 14.5. The number of amides is 1. The maximum absolute atomic E-state index is 13.1. The fourth-order valence-electron chi connectivity index (χ4n) is 3.29. The molecule has 1 saturated heterocycles.